The van der Waals surface area contributed by atoms with Crippen molar-refractivity contribution in [1.29, 1.82) is 0 Å². The predicted octanol–water partition coefficient (Wildman–Crippen LogP) is 1.61. The number of carbonyl (C=O) groups is 1. The van der Waals surface area contributed by atoms with E-state index in [1.807, 2.05) is 13.8 Å². The maximum atomic E-state index is 12.5. The molecule has 9 nitrogen and oxygen atoms in total. The van der Waals surface area contributed by atoms with E-state index in [1.54, 1.807) is 30.5 Å². The largest absolute Gasteiger partial charge is 0.326 e. The quantitative estimate of drug-likeness (QED) is 0.647. The van der Waals surface area contributed by atoms with Gasteiger partial charge in [0.05, 0.1) is 11.3 Å². The van der Waals surface area contributed by atoms with Gasteiger partial charge >= 0.3 is 0 Å². The first kappa shape index (κ1) is 19.9. The van der Waals surface area contributed by atoms with Gasteiger partial charge in [-0.15, -0.1) is 0 Å². The van der Waals surface area contributed by atoms with Gasteiger partial charge in [-0.3, -0.25) is 4.79 Å². The second-order valence-corrected chi connectivity index (χ2v) is 8.47. The molecule has 0 unspecified atom stereocenters. The molecule has 10 heteroatoms. The fourth-order valence-electron chi connectivity index (χ4n) is 2.87. The second-order valence-electron chi connectivity index (χ2n) is 6.76. The highest BCUT2D eigenvalue weighted by Gasteiger charge is 2.17. The number of anilines is 1. The second kappa shape index (κ2) is 7.64. The van der Waals surface area contributed by atoms with Crippen molar-refractivity contribution in [2.24, 2.45) is 0 Å². The van der Waals surface area contributed by atoms with Crippen molar-refractivity contribution < 1.29 is 13.2 Å². The summed E-state index contributed by atoms with van der Waals surface area (Å²) in [6, 6.07) is 5.84. The lowest BCUT2D eigenvalue weighted by Gasteiger charge is -2.12. The first-order valence-electron chi connectivity index (χ1n) is 8.75. The Kier molecular flexibility index (Phi) is 5.43. The Bertz CT molecular complexity index is 1120. The number of amides is 1. The highest BCUT2D eigenvalue weighted by molar-refractivity contribution is 7.89. The highest BCUT2D eigenvalue weighted by atomic mass is 32.2. The number of hydrogen-bond acceptors (Lipinski definition) is 6. The monoisotopic (exact) mass is 402 g/mol. The predicted molar refractivity (Wildman–Crippen MR) is 104 cm³/mol. The van der Waals surface area contributed by atoms with E-state index in [9.17, 15) is 13.2 Å². The van der Waals surface area contributed by atoms with E-state index < -0.39 is 10.0 Å². The summed E-state index contributed by atoms with van der Waals surface area (Å²) in [5.41, 5.74) is 2.81. The van der Waals surface area contributed by atoms with Gasteiger partial charge in [0, 0.05) is 28.7 Å². The molecule has 2 heterocycles. The van der Waals surface area contributed by atoms with Gasteiger partial charge in [-0.25, -0.2) is 22.6 Å². The summed E-state index contributed by atoms with van der Waals surface area (Å²) in [5.74, 6) is 0.259. The van der Waals surface area contributed by atoms with Crippen molar-refractivity contribution in [3.8, 4) is 0 Å². The topological polar surface area (TPSA) is 118 Å². The molecule has 0 aliphatic carbocycles. The fraction of sp³-hybridized carbons (Fsp3) is 0.333. The van der Waals surface area contributed by atoms with Crippen LogP contribution in [0.1, 0.15) is 30.8 Å². The number of nitrogens with zero attached hydrogens (tertiary/aromatic N) is 4. The molecule has 0 fully saturated rings. The third-order valence-electron chi connectivity index (χ3n) is 4.17. The molecule has 0 radical (unpaired) electrons. The molecule has 0 saturated heterocycles. The molecule has 2 N–H and O–H groups in total. The van der Waals surface area contributed by atoms with Crippen molar-refractivity contribution in [2.45, 2.75) is 45.1 Å². The van der Waals surface area contributed by atoms with E-state index in [2.05, 4.69) is 25.1 Å². The van der Waals surface area contributed by atoms with Gasteiger partial charge in [0.15, 0.2) is 0 Å². The lowest BCUT2D eigenvalue weighted by atomic mass is 10.1. The molecule has 1 aromatic carbocycles. The summed E-state index contributed by atoms with van der Waals surface area (Å²) in [6.45, 7) is 7.19. The van der Waals surface area contributed by atoms with E-state index in [4.69, 9.17) is 0 Å². The van der Waals surface area contributed by atoms with Crippen LogP contribution in [-0.2, 0) is 21.2 Å². The molecular weight excluding hydrogens is 380 g/mol. The van der Waals surface area contributed by atoms with E-state index >= 15 is 0 Å². The summed E-state index contributed by atoms with van der Waals surface area (Å²) in [4.78, 5) is 21.0. The van der Waals surface area contributed by atoms with E-state index in [1.165, 1.54) is 18.5 Å². The number of aromatic nitrogens is 4. The van der Waals surface area contributed by atoms with Crippen LogP contribution in [0.5, 0.6) is 0 Å². The van der Waals surface area contributed by atoms with Gasteiger partial charge in [0.2, 0.25) is 15.9 Å². The van der Waals surface area contributed by atoms with E-state index in [0.29, 0.717) is 17.2 Å². The third-order valence-corrected chi connectivity index (χ3v) is 5.84. The van der Waals surface area contributed by atoms with Crippen LogP contribution in [-0.4, -0.2) is 39.9 Å². The summed E-state index contributed by atoms with van der Waals surface area (Å²) < 4.78 is 28.4. The Hall–Kier alpha value is -2.85. The first-order valence-corrected chi connectivity index (χ1v) is 10.2. The Morgan fingerprint density at radius 2 is 1.86 bits per heavy atom. The average Bonchev–Trinajstić information content (AvgIpc) is 3.06. The smallest absolute Gasteiger partial charge is 0.252 e. The van der Waals surface area contributed by atoms with Crippen molar-refractivity contribution >= 4 is 27.4 Å². The minimum absolute atomic E-state index is 0.120. The van der Waals surface area contributed by atoms with E-state index in [0.717, 1.165) is 11.3 Å². The van der Waals surface area contributed by atoms with Gasteiger partial charge in [-0.1, -0.05) is 0 Å². The van der Waals surface area contributed by atoms with Crippen molar-refractivity contribution in [2.75, 3.05) is 5.32 Å². The minimum atomic E-state index is -3.57. The third kappa shape index (κ3) is 4.18. The molecule has 0 saturated carbocycles. The molecule has 1 amide bonds. The van der Waals surface area contributed by atoms with Gasteiger partial charge in [0.25, 0.3) is 5.78 Å². The zero-order valence-corrected chi connectivity index (χ0v) is 16.9. The summed E-state index contributed by atoms with van der Waals surface area (Å²) in [6.07, 6.45) is 1.54. The highest BCUT2D eigenvalue weighted by Crippen LogP contribution is 2.17. The van der Waals surface area contributed by atoms with Crippen LogP contribution in [0.2, 0.25) is 0 Å². The van der Waals surface area contributed by atoms with Crippen LogP contribution < -0.4 is 10.0 Å². The number of hydrogen-bond donors (Lipinski definition) is 2. The molecule has 3 aromatic rings. The standard InChI is InChI=1S/C18H22N6O3S/c1-11(2)23-28(26,27)15-7-5-14(6-8-15)22-17(25)9-16-12(3)21-18-19-10-20-24(18)13(16)4/h5-8,10-11,23H,9H2,1-4H3,(H,22,25). The normalized spacial score (nSPS) is 11.9. The molecule has 3 rings (SSSR count). The average molecular weight is 402 g/mol. The zero-order valence-electron chi connectivity index (χ0n) is 16.1. The lowest BCUT2D eigenvalue weighted by Crippen LogP contribution is -2.30. The zero-order chi connectivity index (χ0) is 20.5. The molecule has 0 bridgehead atoms. The van der Waals surface area contributed by atoms with E-state index in [-0.39, 0.29) is 23.3 Å². The lowest BCUT2D eigenvalue weighted by molar-refractivity contribution is -0.115. The van der Waals surface area contributed by atoms with Crippen LogP contribution in [0.3, 0.4) is 0 Å². The minimum Gasteiger partial charge on any atom is -0.326 e. The summed E-state index contributed by atoms with van der Waals surface area (Å²) in [7, 11) is -3.57. The van der Waals surface area contributed by atoms with Crippen LogP contribution in [0.25, 0.3) is 5.78 Å². The molecule has 148 valence electrons. The molecular formula is C18H22N6O3S. The van der Waals surface area contributed by atoms with Gasteiger partial charge in [-0.05, 0) is 52.0 Å². The van der Waals surface area contributed by atoms with Crippen molar-refractivity contribution in [1.82, 2.24) is 24.3 Å². The molecule has 0 spiro atoms. The number of rotatable bonds is 6. The number of carbonyl (C=O) groups excluding carboxylic acids is 1. The molecule has 2 aromatic heterocycles. The number of benzene rings is 1. The Balaban J connectivity index is 1.74. The number of nitrogens with one attached hydrogen (secondary N) is 2. The maximum absolute atomic E-state index is 12.5. The van der Waals surface area contributed by atoms with Crippen LogP contribution in [0.15, 0.2) is 35.5 Å². The molecule has 0 aliphatic rings. The number of sulfonamides is 1. The van der Waals surface area contributed by atoms with Crippen LogP contribution >= 0.6 is 0 Å². The van der Waals surface area contributed by atoms with Crippen molar-refractivity contribution in [3.63, 3.8) is 0 Å². The van der Waals surface area contributed by atoms with Crippen LogP contribution in [0, 0.1) is 13.8 Å². The molecule has 28 heavy (non-hydrogen) atoms. The fourth-order valence-corrected chi connectivity index (χ4v) is 4.12. The number of aryl methyl sites for hydroxylation is 2. The van der Waals surface area contributed by atoms with Gasteiger partial charge in [-0.2, -0.15) is 10.1 Å². The summed E-state index contributed by atoms with van der Waals surface area (Å²) in [5, 5.41) is 6.89. The molecule has 0 atom stereocenters. The molecule has 0 aliphatic heterocycles. The Morgan fingerprint density at radius 3 is 2.50 bits per heavy atom. The maximum Gasteiger partial charge on any atom is 0.252 e. The van der Waals surface area contributed by atoms with Crippen LogP contribution in [0.4, 0.5) is 5.69 Å². The van der Waals surface area contributed by atoms with Gasteiger partial charge in [0.1, 0.15) is 6.33 Å². The SMILES string of the molecule is Cc1nc2ncnn2c(C)c1CC(=O)Nc1ccc(S(=O)(=O)NC(C)C)cc1. The number of fused-ring (bicyclic) bond motifs is 1. The first-order chi connectivity index (χ1) is 13.2. The van der Waals surface area contributed by atoms with Gasteiger partial charge < -0.3 is 5.32 Å². The Labute approximate surface area is 163 Å². The van der Waals surface area contributed by atoms with Crippen molar-refractivity contribution in [3.05, 3.63) is 47.5 Å². The summed E-state index contributed by atoms with van der Waals surface area (Å²) >= 11 is 0. The Morgan fingerprint density at radius 1 is 1.18 bits per heavy atom.